The zero-order valence-corrected chi connectivity index (χ0v) is 9.51. The van der Waals surface area contributed by atoms with Crippen LogP contribution in [-0.4, -0.2) is 17.2 Å². The molecule has 0 fully saturated rings. The van der Waals surface area contributed by atoms with Crippen LogP contribution >= 0.6 is 0 Å². The number of carboxylic acid groups (broad SMARTS) is 1. The fraction of sp³-hybridized carbons (Fsp3) is 0.417. The van der Waals surface area contributed by atoms with Gasteiger partial charge in [-0.15, -0.1) is 0 Å². The van der Waals surface area contributed by atoms with Crippen molar-refractivity contribution >= 4 is 5.97 Å². The standard InChI is InChI=1S/C12H17NO3/c1-8(2)16-10-5-3-4-9(6-10)11(13)7-12(14)15/h3-6,8,11H,7,13H2,1-2H3,(H,14,15)/t11-/m0/s1. The maximum absolute atomic E-state index is 10.5. The average molecular weight is 223 g/mol. The molecule has 0 aromatic heterocycles. The minimum Gasteiger partial charge on any atom is -0.491 e. The number of ether oxygens (including phenoxy) is 1. The van der Waals surface area contributed by atoms with Crippen LogP contribution in [0, 0.1) is 0 Å². The van der Waals surface area contributed by atoms with Gasteiger partial charge in [0.2, 0.25) is 0 Å². The van der Waals surface area contributed by atoms with Gasteiger partial charge in [-0.05, 0) is 31.5 Å². The molecular formula is C12H17NO3. The number of benzene rings is 1. The lowest BCUT2D eigenvalue weighted by Gasteiger charge is -2.13. The first-order valence-corrected chi connectivity index (χ1v) is 5.23. The van der Waals surface area contributed by atoms with Crippen molar-refractivity contribution in [2.75, 3.05) is 0 Å². The summed E-state index contributed by atoms with van der Waals surface area (Å²) < 4.78 is 5.51. The lowest BCUT2D eigenvalue weighted by molar-refractivity contribution is -0.137. The highest BCUT2D eigenvalue weighted by Crippen LogP contribution is 2.20. The van der Waals surface area contributed by atoms with E-state index in [0.717, 1.165) is 5.56 Å². The molecule has 0 radical (unpaired) electrons. The Balaban J connectivity index is 2.77. The highest BCUT2D eigenvalue weighted by molar-refractivity contribution is 5.67. The normalized spacial score (nSPS) is 12.5. The Morgan fingerprint density at radius 2 is 2.19 bits per heavy atom. The quantitative estimate of drug-likeness (QED) is 0.800. The van der Waals surface area contributed by atoms with E-state index >= 15 is 0 Å². The number of hydrogen-bond donors (Lipinski definition) is 2. The van der Waals surface area contributed by atoms with Crippen LogP contribution in [0.3, 0.4) is 0 Å². The van der Waals surface area contributed by atoms with Gasteiger partial charge in [-0.3, -0.25) is 4.79 Å². The number of rotatable bonds is 5. The number of carboxylic acids is 1. The molecule has 4 heteroatoms. The van der Waals surface area contributed by atoms with Gasteiger partial charge >= 0.3 is 5.97 Å². The third kappa shape index (κ3) is 3.90. The molecule has 0 saturated heterocycles. The minimum atomic E-state index is -0.900. The molecule has 0 bridgehead atoms. The molecule has 1 atom stereocenters. The summed E-state index contributed by atoms with van der Waals surface area (Å²) in [5, 5.41) is 8.65. The summed E-state index contributed by atoms with van der Waals surface area (Å²) >= 11 is 0. The van der Waals surface area contributed by atoms with Gasteiger partial charge in [0.15, 0.2) is 0 Å². The van der Waals surface area contributed by atoms with Crippen LogP contribution in [-0.2, 0) is 4.79 Å². The monoisotopic (exact) mass is 223 g/mol. The Morgan fingerprint density at radius 1 is 1.50 bits per heavy atom. The van der Waals surface area contributed by atoms with E-state index in [1.807, 2.05) is 26.0 Å². The van der Waals surface area contributed by atoms with Gasteiger partial charge in [0.1, 0.15) is 5.75 Å². The van der Waals surface area contributed by atoms with E-state index in [9.17, 15) is 4.79 Å². The lowest BCUT2D eigenvalue weighted by atomic mass is 10.0. The number of carbonyl (C=O) groups is 1. The molecule has 0 heterocycles. The summed E-state index contributed by atoms with van der Waals surface area (Å²) in [6.07, 6.45) is 0.0106. The van der Waals surface area contributed by atoms with E-state index in [2.05, 4.69) is 0 Å². The third-order valence-corrected chi connectivity index (χ3v) is 2.05. The van der Waals surface area contributed by atoms with Gasteiger partial charge in [0.25, 0.3) is 0 Å². The van der Waals surface area contributed by atoms with Crippen molar-refractivity contribution in [3.63, 3.8) is 0 Å². The van der Waals surface area contributed by atoms with Crippen molar-refractivity contribution in [2.45, 2.75) is 32.4 Å². The number of aliphatic carboxylic acids is 1. The smallest absolute Gasteiger partial charge is 0.305 e. The van der Waals surface area contributed by atoms with Crippen molar-refractivity contribution in [1.82, 2.24) is 0 Å². The molecule has 1 aromatic carbocycles. The fourth-order valence-corrected chi connectivity index (χ4v) is 1.40. The molecule has 0 aliphatic rings. The molecule has 0 amide bonds. The molecule has 0 unspecified atom stereocenters. The van der Waals surface area contributed by atoms with Crippen molar-refractivity contribution < 1.29 is 14.6 Å². The van der Waals surface area contributed by atoms with E-state index in [1.165, 1.54) is 0 Å². The molecule has 0 aliphatic heterocycles. The fourth-order valence-electron chi connectivity index (χ4n) is 1.40. The Labute approximate surface area is 95.0 Å². The molecule has 0 spiro atoms. The summed E-state index contributed by atoms with van der Waals surface area (Å²) in [5.74, 6) is -0.184. The summed E-state index contributed by atoms with van der Waals surface area (Å²) in [6, 6.07) is 6.74. The predicted octanol–water partition coefficient (Wildman–Crippen LogP) is 1.95. The van der Waals surface area contributed by atoms with Gasteiger partial charge in [-0.2, -0.15) is 0 Å². The van der Waals surface area contributed by atoms with E-state index in [1.54, 1.807) is 12.1 Å². The summed E-state index contributed by atoms with van der Waals surface area (Å²) in [7, 11) is 0. The van der Waals surface area contributed by atoms with Crippen molar-refractivity contribution in [1.29, 1.82) is 0 Å². The third-order valence-electron chi connectivity index (χ3n) is 2.05. The van der Waals surface area contributed by atoms with Crippen LogP contribution in [0.1, 0.15) is 31.9 Å². The second-order valence-electron chi connectivity index (χ2n) is 3.94. The van der Waals surface area contributed by atoms with E-state index in [-0.39, 0.29) is 12.5 Å². The highest BCUT2D eigenvalue weighted by Gasteiger charge is 2.11. The predicted molar refractivity (Wildman–Crippen MR) is 61.4 cm³/mol. The topological polar surface area (TPSA) is 72.5 Å². The van der Waals surface area contributed by atoms with Crippen LogP contribution < -0.4 is 10.5 Å². The Kier molecular flexibility index (Phi) is 4.31. The van der Waals surface area contributed by atoms with Gasteiger partial charge in [-0.25, -0.2) is 0 Å². The van der Waals surface area contributed by atoms with Gasteiger partial charge in [0, 0.05) is 6.04 Å². The Bertz CT molecular complexity index is 363. The summed E-state index contributed by atoms with van der Waals surface area (Å²) in [5.41, 5.74) is 6.54. The van der Waals surface area contributed by atoms with E-state index in [0.29, 0.717) is 5.75 Å². The minimum absolute atomic E-state index is 0.0782. The molecule has 88 valence electrons. The lowest BCUT2D eigenvalue weighted by Crippen LogP contribution is -2.15. The Hall–Kier alpha value is -1.55. The first-order chi connectivity index (χ1) is 7.49. The molecule has 1 aromatic rings. The van der Waals surface area contributed by atoms with Crippen LogP contribution in [0.4, 0.5) is 0 Å². The van der Waals surface area contributed by atoms with Crippen molar-refractivity contribution in [3.05, 3.63) is 29.8 Å². The molecular weight excluding hydrogens is 206 g/mol. The first kappa shape index (κ1) is 12.5. The molecule has 1 rings (SSSR count). The van der Waals surface area contributed by atoms with Gasteiger partial charge < -0.3 is 15.6 Å². The first-order valence-electron chi connectivity index (χ1n) is 5.23. The highest BCUT2D eigenvalue weighted by atomic mass is 16.5. The molecule has 4 nitrogen and oxygen atoms in total. The van der Waals surface area contributed by atoms with Crippen molar-refractivity contribution in [2.24, 2.45) is 5.73 Å². The Morgan fingerprint density at radius 3 is 2.75 bits per heavy atom. The maximum Gasteiger partial charge on any atom is 0.305 e. The van der Waals surface area contributed by atoms with Gasteiger partial charge in [0.05, 0.1) is 12.5 Å². The molecule has 16 heavy (non-hydrogen) atoms. The van der Waals surface area contributed by atoms with Crippen LogP contribution in [0.2, 0.25) is 0 Å². The van der Waals surface area contributed by atoms with Crippen molar-refractivity contribution in [3.8, 4) is 5.75 Å². The van der Waals surface area contributed by atoms with E-state index in [4.69, 9.17) is 15.6 Å². The summed E-state index contributed by atoms with van der Waals surface area (Å²) in [6.45, 7) is 3.87. The largest absolute Gasteiger partial charge is 0.491 e. The second kappa shape index (κ2) is 5.51. The zero-order chi connectivity index (χ0) is 12.1. The molecule has 0 saturated carbocycles. The van der Waals surface area contributed by atoms with Crippen LogP contribution in [0.15, 0.2) is 24.3 Å². The summed E-state index contributed by atoms with van der Waals surface area (Å²) in [4.78, 5) is 10.5. The number of nitrogens with two attached hydrogens (primary N) is 1. The number of hydrogen-bond acceptors (Lipinski definition) is 3. The van der Waals surface area contributed by atoms with Gasteiger partial charge in [-0.1, -0.05) is 12.1 Å². The molecule has 3 N–H and O–H groups in total. The molecule has 0 aliphatic carbocycles. The van der Waals surface area contributed by atoms with Crippen LogP contribution in [0.5, 0.6) is 5.75 Å². The SMILES string of the molecule is CC(C)Oc1cccc([C@@H](N)CC(=O)O)c1. The van der Waals surface area contributed by atoms with Crippen LogP contribution in [0.25, 0.3) is 0 Å². The maximum atomic E-state index is 10.5. The second-order valence-corrected chi connectivity index (χ2v) is 3.94. The average Bonchev–Trinajstić information content (AvgIpc) is 2.16. The van der Waals surface area contributed by atoms with E-state index < -0.39 is 12.0 Å². The zero-order valence-electron chi connectivity index (χ0n) is 9.51.